The van der Waals surface area contributed by atoms with Crippen LogP contribution in [0.25, 0.3) is 0 Å². The molecule has 30 heavy (non-hydrogen) atoms. The van der Waals surface area contributed by atoms with Gasteiger partial charge in [0.05, 0.1) is 11.6 Å². The number of amides is 2. The highest BCUT2D eigenvalue weighted by Gasteiger charge is 2.24. The largest absolute Gasteiger partial charge is 0.492 e. The Balaban J connectivity index is 1.26. The van der Waals surface area contributed by atoms with E-state index in [9.17, 15) is 9.59 Å². The summed E-state index contributed by atoms with van der Waals surface area (Å²) in [5.74, 6) is 1.75. The normalized spacial score (nSPS) is 18.2. The van der Waals surface area contributed by atoms with Crippen molar-refractivity contribution in [1.29, 1.82) is 0 Å². The Morgan fingerprint density at radius 2 is 1.77 bits per heavy atom. The van der Waals surface area contributed by atoms with E-state index in [0.717, 1.165) is 38.3 Å². The van der Waals surface area contributed by atoms with Crippen molar-refractivity contribution in [2.75, 3.05) is 19.7 Å². The molecule has 5 nitrogen and oxygen atoms in total. The minimum Gasteiger partial charge on any atom is -0.492 e. The van der Waals surface area contributed by atoms with Gasteiger partial charge in [-0.3, -0.25) is 9.59 Å². The van der Waals surface area contributed by atoms with Gasteiger partial charge in [-0.1, -0.05) is 55.8 Å². The fourth-order valence-corrected chi connectivity index (χ4v) is 4.70. The van der Waals surface area contributed by atoms with Crippen molar-refractivity contribution in [3.05, 3.63) is 29.3 Å². The highest BCUT2D eigenvalue weighted by Crippen LogP contribution is 2.28. The fourth-order valence-electron chi connectivity index (χ4n) is 4.51. The zero-order valence-corrected chi connectivity index (χ0v) is 18.7. The van der Waals surface area contributed by atoms with Crippen LogP contribution in [0.2, 0.25) is 5.02 Å². The van der Waals surface area contributed by atoms with E-state index < -0.39 is 0 Å². The second-order valence-electron chi connectivity index (χ2n) is 8.65. The predicted octanol–water partition coefficient (Wildman–Crippen LogP) is 4.97. The molecule has 0 spiro atoms. The molecule has 3 rings (SSSR count). The van der Waals surface area contributed by atoms with Gasteiger partial charge in [0.2, 0.25) is 11.8 Å². The van der Waals surface area contributed by atoms with Crippen LogP contribution in [0, 0.1) is 5.92 Å². The van der Waals surface area contributed by atoms with Crippen molar-refractivity contribution in [2.24, 2.45) is 5.92 Å². The van der Waals surface area contributed by atoms with E-state index in [1.54, 1.807) is 6.07 Å². The van der Waals surface area contributed by atoms with Crippen molar-refractivity contribution in [3.8, 4) is 5.75 Å². The molecule has 166 valence electrons. The van der Waals surface area contributed by atoms with Crippen molar-refractivity contribution >= 4 is 23.4 Å². The number of ether oxygens (including phenoxy) is 1. The van der Waals surface area contributed by atoms with Gasteiger partial charge >= 0.3 is 0 Å². The molecule has 1 aliphatic carbocycles. The first-order valence-corrected chi connectivity index (χ1v) is 11.9. The molecule has 6 heteroatoms. The summed E-state index contributed by atoms with van der Waals surface area (Å²) >= 11 is 6.06. The predicted molar refractivity (Wildman–Crippen MR) is 120 cm³/mol. The Bertz CT molecular complexity index is 683. The van der Waals surface area contributed by atoms with Gasteiger partial charge in [-0.25, -0.2) is 0 Å². The van der Waals surface area contributed by atoms with E-state index in [4.69, 9.17) is 16.3 Å². The number of halogens is 1. The lowest BCUT2D eigenvalue weighted by Gasteiger charge is -2.33. The number of rotatable bonds is 9. The average Bonchev–Trinajstić information content (AvgIpc) is 2.77. The summed E-state index contributed by atoms with van der Waals surface area (Å²) in [5.41, 5.74) is 0. The number of nitrogens with one attached hydrogen (secondary N) is 1. The Labute approximate surface area is 185 Å². The molecule has 0 atom stereocenters. The van der Waals surface area contributed by atoms with Crippen molar-refractivity contribution < 1.29 is 14.3 Å². The summed E-state index contributed by atoms with van der Waals surface area (Å²) in [6.07, 6.45) is 11.1. The first kappa shape index (κ1) is 22.9. The number of carbonyl (C=O) groups excluding carboxylic acids is 2. The van der Waals surface area contributed by atoms with Gasteiger partial charge in [0.25, 0.3) is 0 Å². The van der Waals surface area contributed by atoms with E-state index >= 15 is 0 Å². The smallest absolute Gasteiger partial charge is 0.222 e. The summed E-state index contributed by atoms with van der Waals surface area (Å²) < 4.78 is 5.63. The maximum atomic E-state index is 12.5. The molecule has 1 N–H and O–H groups in total. The lowest BCUT2D eigenvalue weighted by Crippen LogP contribution is -2.46. The van der Waals surface area contributed by atoms with Crippen LogP contribution >= 0.6 is 11.6 Å². The molecule has 0 aromatic heterocycles. The maximum absolute atomic E-state index is 12.5. The second kappa shape index (κ2) is 12.2. The van der Waals surface area contributed by atoms with E-state index in [0.29, 0.717) is 42.5 Å². The summed E-state index contributed by atoms with van der Waals surface area (Å²) in [7, 11) is 0. The molecule has 2 fully saturated rings. The van der Waals surface area contributed by atoms with Crippen molar-refractivity contribution in [2.45, 2.75) is 76.7 Å². The minimum absolute atomic E-state index is 0.0554. The number of piperidine rings is 1. The Morgan fingerprint density at radius 1 is 1.03 bits per heavy atom. The van der Waals surface area contributed by atoms with Crippen LogP contribution in [-0.2, 0) is 9.59 Å². The number of nitrogens with zero attached hydrogens (tertiary/aromatic N) is 1. The first-order valence-electron chi connectivity index (χ1n) is 11.6. The zero-order valence-electron chi connectivity index (χ0n) is 17.9. The molecule has 0 unspecified atom stereocenters. The number of hydrogen-bond acceptors (Lipinski definition) is 3. The third kappa shape index (κ3) is 7.50. The molecule has 2 amide bonds. The Hall–Kier alpha value is -1.75. The monoisotopic (exact) mass is 434 g/mol. The molecule has 0 bridgehead atoms. The number of carbonyl (C=O) groups is 2. The topological polar surface area (TPSA) is 58.6 Å². The Kier molecular flexibility index (Phi) is 9.31. The highest BCUT2D eigenvalue weighted by atomic mass is 35.5. The molecule has 1 saturated carbocycles. The third-order valence-electron chi connectivity index (χ3n) is 6.35. The van der Waals surface area contributed by atoms with E-state index in [1.807, 2.05) is 23.1 Å². The van der Waals surface area contributed by atoms with E-state index in [2.05, 4.69) is 5.32 Å². The van der Waals surface area contributed by atoms with Crippen LogP contribution in [0.5, 0.6) is 5.75 Å². The van der Waals surface area contributed by atoms with Gasteiger partial charge in [-0.2, -0.15) is 0 Å². The minimum atomic E-state index is 0.0554. The zero-order chi connectivity index (χ0) is 21.2. The number of likely N-dealkylation sites (tertiary alicyclic amines) is 1. The Morgan fingerprint density at radius 3 is 2.50 bits per heavy atom. The van der Waals surface area contributed by atoms with Crippen LogP contribution < -0.4 is 10.1 Å². The third-order valence-corrected chi connectivity index (χ3v) is 6.66. The molecule has 1 heterocycles. The van der Waals surface area contributed by atoms with Crippen LogP contribution in [0.1, 0.15) is 70.6 Å². The average molecular weight is 435 g/mol. The summed E-state index contributed by atoms with van der Waals surface area (Å²) in [6.45, 7) is 1.97. The van der Waals surface area contributed by atoms with Crippen LogP contribution in [0.4, 0.5) is 0 Å². The molecule has 0 radical (unpaired) electrons. The first-order chi connectivity index (χ1) is 14.6. The molecule has 1 aliphatic heterocycles. The van der Waals surface area contributed by atoms with E-state index in [1.165, 1.54) is 32.1 Å². The van der Waals surface area contributed by atoms with Gasteiger partial charge in [0.1, 0.15) is 5.75 Å². The molecule has 1 aromatic rings. The SMILES string of the molecule is O=C(CCCOc1ccccc1Cl)NC1CCN(C(=O)CCC2CCCCC2)CC1. The van der Waals surface area contributed by atoms with Crippen LogP contribution in [0.15, 0.2) is 24.3 Å². The summed E-state index contributed by atoms with van der Waals surface area (Å²) in [6, 6.07) is 7.52. The van der Waals surface area contributed by atoms with Gasteiger partial charge in [-0.15, -0.1) is 0 Å². The molecule has 2 aliphatic rings. The van der Waals surface area contributed by atoms with Gasteiger partial charge < -0.3 is 15.0 Å². The number of hydrogen-bond donors (Lipinski definition) is 1. The van der Waals surface area contributed by atoms with E-state index in [-0.39, 0.29) is 11.9 Å². The van der Waals surface area contributed by atoms with Crippen LogP contribution in [0.3, 0.4) is 0 Å². The highest BCUT2D eigenvalue weighted by molar-refractivity contribution is 6.32. The summed E-state index contributed by atoms with van der Waals surface area (Å²) in [4.78, 5) is 26.7. The molecular weight excluding hydrogens is 400 g/mol. The molecule has 1 aromatic carbocycles. The van der Waals surface area contributed by atoms with Crippen molar-refractivity contribution in [3.63, 3.8) is 0 Å². The quantitative estimate of drug-likeness (QED) is 0.558. The van der Waals surface area contributed by atoms with Gasteiger partial charge in [-0.05, 0) is 43.7 Å². The maximum Gasteiger partial charge on any atom is 0.222 e. The standard InChI is InChI=1S/C24H35ClN2O3/c25-21-9-4-5-10-22(21)30-18-6-11-23(28)26-20-14-16-27(17-15-20)24(29)13-12-19-7-2-1-3-8-19/h4-5,9-10,19-20H,1-3,6-8,11-18H2,(H,26,28). The number of para-hydroxylation sites is 1. The molecular formula is C24H35ClN2O3. The van der Waals surface area contributed by atoms with Gasteiger partial charge in [0, 0.05) is 32.0 Å². The number of benzene rings is 1. The lowest BCUT2D eigenvalue weighted by atomic mass is 9.86. The molecule has 1 saturated heterocycles. The second-order valence-corrected chi connectivity index (χ2v) is 9.05. The lowest BCUT2D eigenvalue weighted by molar-refractivity contribution is -0.132. The van der Waals surface area contributed by atoms with Crippen LogP contribution in [-0.4, -0.2) is 42.5 Å². The fraction of sp³-hybridized carbons (Fsp3) is 0.667. The van der Waals surface area contributed by atoms with Gasteiger partial charge in [0.15, 0.2) is 0 Å². The van der Waals surface area contributed by atoms with Crippen molar-refractivity contribution in [1.82, 2.24) is 10.2 Å². The summed E-state index contributed by atoms with van der Waals surface area (Å²) in [5, 5.41) is 3.70.